The molecule has 3 rings (SSSR count). The fourth-order valence-electron chi connectivity index (χ4n) is 3.23. The van der Waals surface area contributed by atoms with E-state index >= 15 is 0 Å². The van der Waals surface area contributed by atoms with Crippen LogP contribution in [-0.4, -0.2) is 25.2 Å². The number of carbonyl (C=O) groups excluding carboxylic acids is 2. The molecule has 2 aromatic carbocycles. The molecule has 0 saturated heterocycles. The Kier molecular flexibility index (Phi) is 6.61. The van der Waals surface area contributed by atoms with Gasteiger partial charge >= 0.3 is 12.0 Å². The van der Waals surface area contributed by atoms with Crippen LogP contribution in [0.4, 0.5) is 4.79 Å². The number of carbonyl (C=O) groups is 2. The van der Waals surface area contributed by atoms with E-state index in [0.29, 0.717) is 22.6 Å². The lowest BCUT2D eigenvalue weighted by Gasteiger charge is -2.29. The van der Waals surface area contributed by atoms with Crippen LogP contribution < -0.4 is 20.1 Å². The number of ether oxygens (including phenoxy) is 3. The highest BCUT2D eigenvalue weighted by Crippen LogP contribution is 2.34. The summed E-state index contributed by atoms with van der Waals surface area (Å²) in [5.74, 6) is 0.817. The predicted octanol–water partition coefficient (Wildman–Crippen LogP) is 3.85. The summed E-state index contributed by atoms with van der Waals surface area (Å²) in [7, 11) is 1.59. The number of methoxy groups -OCH3 is 1. The second-order valence-electron chi connectivity index (χ2n) is 7.20. The van der Waals surface area contributed by atoms with Crippen molar-refractivity contribution in [1.82, 2.24) is 10.6 Å². The van der Waals surface area contributed by atoms with E-state index in [-0.39, 0.29) is 18.7 Å². The first kappa shape index (κ1) is 21.2. The maximum absolute atomic E-state index is 13.0. The topological polar surface area (TPSA) is 85.9 Å². The number of hydrogen-bond acceptors (Lipinski definition) is 5. The van der Waals surface area contributed by atoms with Crippen molar-refractivity contribution in [2.45, 2.75) is 39.5 Å². The molecule has 0 spiro atoms. The van der Waals surface area contributed by atoms with Gasteiger partial charge < -0.3 is 24.8 Å². The van der Waals surface area contributed by atoms with Crippen LogP contribution >= 0.6 is 0 Å². The second-order valence-corrected chi connectivity index (χ2v) is 7.20. The third-order valence-electron chi connectivity index (χ3n) is 4.61. The number of para-hydroxylation sites is 1. The highest BCUT2D eigenvalue weighted by molar-refractivity contribution is 5.95. The summed E-state index contributed by atoms with van der Waals surface area (Å²) in [4.78, 5) is 25.1. The minimum Gasteiger partial charge on any atom is -0.497 e. The minimum absolute atomic E-state index is 0.0564. The van der Waals surface area contributed by atoms with Crippen molar-refractivity contribution < 1.29 is 23.8 Å². The van der Waals surface area contributed by atoms with E-state index in [1.807, 2.05) is 50.2 Å². The molecular formula is C23H26N2O5. The molecular weight excluding hydrogens is 384 g/mol. The van der Waals surface area contributed by atoms with Gasteiger partial charge in [0.15, 0.2) is 0 Å². The van der Waals surface area contributed by atoms with Crippen molar-refractivity contribution in [1.29, 1.82) is 0 Å². The largest absolute Gasteiger partial charge is 0.497 e. The Morgan fingerprint density at radius 1 is 1.10 bits per heavy atom. The van der Waals surface area contributed by atoms with Crippen LogP contribution in [0.3, 0.4) is 0 Å². The minimum atomic E-state index is -0.683. The summed E-state index contributed by atoms with van der Waals surface area (Å²) in [5.41, 5.74) is 2.30. The monoisotopic (exact) mass is 410 g/mol. The van der Waals surface area contributed by atoms with Gasteiger partial charge in [0.2, 0.25) is 0 Å². The van der Waals surface area contributed by atoms with Crippen molar-refractivity contribution in [3.8, 4) is 11.5 Å². The summed E-state index contributed by atoms with van der Waals surface area (Å²) in [6, 6.07) is 13.5. The molecule has 1 heterocycles. The van der Waals surface area contributed by atoms with Gasteiger partial charge in [-0.2, -0.15) is 0 Å². The summed E-state index contributed by atoms with van der Waals surface area (Å²) < 4.78 is 16.6. The van der Waals surface area contributed by atoms with Gasteiger partial charge in [0.05, 0.1) is 24.8 Å². The van der Waals surface area contributed by atoms with Gasteiger partial charge in [0, 0.05) is 11.3 Å². The molecule has 0 saturated carbocycles. The van der Waals surface area contributed by atoms with E-state index in [4.69, 9.17) is 14.2 Å². The van der Waals surface area contributed by atoms with E-state index in [1.54, 1.807) is 26.2 Å². The summed E-state index contributed by atoms with van der Waals surface area (Å²) in [6.45, 7) is 5.62. The molecule has 1 atom stereocenters. The van der Waals surface area contributed by atoms with Gasteiger partial charge in [0.25, 0.3) is 0 Å². The van der Waals surface area contributed by atoms with E-state index < -0.39 is 12.0 Å². The Morgan fingerprint density at radius 3 is 2.47 bits per heavy atom. The number of nitrogens with one attached hydrogen (secondary N) is 2. The molecule has 30 heavy (non-hydrogen) atoms. The molecule has 2 aromatic rings. The van der Waals surface area contributed by atoms with Crippen LogP contribution in [-0.2, 0) is 16.1 Å². The Balaban J connectivity index is 1.85. The normalized spacial score (nSPS) is 16.0. The lowest BCUT2D eigenvalue weighted by atomic mass is 9.94. The first-order valence-electron chi connectivity index (χ1n) is 9.73. The average Bonchev–Trinajstić information content (AvgIpc) is 2.72. The molecule has 7 heteroatoms. The molecule has 0 aliphatic carbocycles. The number of esters is 1. The fourth-order valence-corrected chi connectivity index (χ4v) is 3.23. The standard InChI is InChI=1S/C23H26N2O5/c1-14(2)30-19-8-6-5-7-18(19)21-20(15(3)24-23(27)25-21)22(26)29-13-16-9-11-17(28-4)12-10-16/h5-12,14,21H,13H2,1-4H3,(H2,24,25,27)/t21-/m1/s1. The highest BCUT2D eigenvalue weighted by Gasteiger charge is 2.34. The second kappa shape index (κ2) is 9.35. The summed E-state index contributed by atoms with van der Waals surface area (Å²) in [5, 5.41) is 5.47. The van der Waals surface area contributed by atoms with E-state index in [0.717, 1.165) is 11.3 Å². The summed E-state index contributed by atoms with van der Waals surface area (Å²) >= 11 is 0. The van der Waals surface area contributed by atoms with Crippen molar-refractivity contribution >= 4 is 12.0 Å². The molecule has 0 aromatic heterocycles. The number of hydrogen-bond donors (Lipinski definition) is 2. The Hall–Kier alpha value is -3.48. The number of urea groups is 1. The SMILES string of the molecule is COc1ccc(COC(=O)C2=C(C)NC(=O)N[C@@H]2c2ccccc2OC(C)C)cc1. The molecule has 0 unspecified atom stereocenters. The van der Waals surface area contributed by atoms with E-state index in [9.17, 15) is 9.59 Å². The van der Waals surface area contributed by atoms with Crippen molar-refractivity contribution in [2.75, 3.05) is 7.11 Å². The van der Waals surface area contributed by atoms with Crippen LogP contribution in [0.5, 0.6) is 11.5 Å². The van der Waals surface area contributed by atoms with E-state index in [1.165, 1.54) is 0 Å². The van der Waals surface area contributed by atoms with Gasteiger partial charge in [-0.1, -0.05) is 30.3 Å². The van der Waals surface area contributed by atoms with Crippen LogP contribution in [0.2, 0.25) is 0 Å². The quantitative estimate of drug-likeness (QED) is 0.677. The van der Waals surface area contributed by atoms with Gasteiger partial charge in [0.1, 0.15) is 18.1 Å². The third kappa shape index (κ3) is 4.92. The maximum atomic E-state index is 13.0. The highest BCUT2D eigenvalue weighted by atomic mass is 16.5. The Labute approximate surface area is 176 Å². The van der Waals surface area contributed by atoms with Gasteiger partial charge in [-0.25, -0.2) is 9.59 Å². The maximum Gasteiger partial charge on any atom is 0.338 e. The van der Waals surface area contributed by atoms with Crippen LogP contribution in [0.1, 0.15) is 37.9 Å². The van der Waals surface area contributed by atoms with Crippen LogP contribution in [0.25, 0.3) is 0 Å². The molecule has 0 fully saturated rings. The van der Waals surface area contributed by atoms with Crippen LogP contribution in [0.15, 0.2) is 59.8 Å². The number of amides is 2. The molecule has 1 aliphatic heterocycles. The molecule has 2 N–H and O–H groups in total. The Bertz CT molecular complexity index is 950. The van der Waals surface area contributed by atoms with Crippen molar-refractivity contribution in [3.05, 3.63) is 70.9 Å². The first-order valence-corrected chi connectivity index (χ1v) is 9.73. The molecule has 158 valence electrons. The van der Waals surface area contributed by atoms with Crippen molar-refractivity contribution in [2.24, 2.45) is 0 Å². The first-order chi connectivity index (χ1) is 14.4. The number of benzene rings is 2. The molecule has 0 radical (unpaired) electrons. The van der Waals surface area contributed by atoms with Gasteiger partial charge in [-0.15, -0.1) is 0 Å². The third-order valence-corrected chi connectivity index (χ3v) is 4.61. The van der Waals surface area contributed by atoms with Gasteiger partial charge in [-0.3, -0.25) is 0 Å². The predicted molar refractivity (Wildman–Crippen MR) is 112 cm³/mol. The zero-order valence-corrected chi connectivity index (χ0v) is 17.5. The average molecular weight is 410 g/mol. The van der Waals surface area contributed by atoms with Gasteiger partial charge in [-0.05, 0) is 44.5 Å². The molecule has 2 amide bonds. The van der Waals surface area contributed by atoms with Crippen LogP contribution in [0, 0.1) is 0 Å². The van der Waals surface area contributed by atoms with Crippen molar-refractivity contribution in [3.63, 3.8) is 0 Å². The fraction of sp³-hybridized carbons (Fsp3) is 0.304. The molecule has 0 bridgehead atoms. The molecule has 7 nitrogen and oxygen atoms in total. The summed E-state index contributed by atoms with van der Waals surface area (Å²) in [6.07, 6.45) is -0.0564. The smallest absolute Gasteiger partial charge is 0.338 e. The Morgan fingerprint density at radius 2 is 1.80 bits per heavy atom. The molecule has 1 aliphatic rings. The number of allylic oxidation sites excluding steroid dienone is 1. The number of rotatable bonds is 7. The zero-order valence-electron chi connectivity index (χ0n) is 17.5. The lowest BCUT2D eigenvalue weighted by Crippen LogP contribution is -2.45. The van der Waals surface area contributed by atoms with E-state index in [2.05, 4.69) is 10.6 Å². The lowest BCUT2D eigenvalue weighted by molar-refractivity contribution is -0.140. The zero-order chi connectivity index (χ0) is 21.7.